The first kappa shape index (κ1) is 16.5. The molecule has 3 heteroatoms. The third-order valence-corrected chi connectivity index (χ3v) is 8.46. The van der Waals surface area contributed by atoms with Crippen LogP contribution in [0.4, 0.5) is 0 Å². The predicted molar refractivity (Wildman–Crippen MR) is 103 cm³/mol. The fourth-order valence-corrected chi connectivity index (χ4v) is 7.20. The van der Waals surface area contributed by atoms with Crippen LogP contribution in [0.1, 0.15) is 64.4 Å². The Balaban J connectivity index is 1.51. The molecule has 3 nitrogen and oxygen atoms in total. The van der Waals surface area contributed by atoms with Crippen molar-refractivity contribution in [1.82, 2.24) is 9.88 Å². The Kier molecular flexibility index (Phi) is 3.61. The quantitative estimate of drug-likeness (QED) is 0.736. The number of allylic oxidation sites excluding steroid dienone is 2. The fraction of sp³-hybridized carbons (Fsp3) is 0.652. The molecule has 3 fully saturated rings. The van der Waals surface area contributed by atoms with Gasteiger partial charge in [-0.05, 0) is 85.8 Å². The van der Waals surface area contributed by atoms with Crippen molar-refractivity contribution in [1.29, 1.82) is 0 Å². The highest BCUT2D eigenvalue weighted by Gasteiger charge is 2.58. The first-order valence-electron chi connectivity index (χ1n) is 10.5. The first-order chi connectivity index (χ1) is 12.5. The van der Waals surface area contributed by atoms with Crippen molar-refractivity contribution in [2.45, 2.75) is 64.3 Å². The smallest absolute Gasteiger partial charge is 0.223 e. The zero-order chi connectivity index (χ0) is 17.9. The fourth-order valence-electron chi connectivity index (χ4n) is 7.20. The lowest BCUT2D eigenvalue weighted by atomic mass is 9.54. The molecule has 0 spiro atoms. The number of hydrogen-bond acceptors (Lipinski definition) is 2. The van der Waals surface area contributed by atoms with Gasteiger partial charge in [-0.2, -0.15) is 0 Å². The van der Waals surface area contributed by atoms with E-state index >= 15 is 0 Å². The highest BCUT2D eigenvalue weighted by molar-refractivity contribution is 5.78. The molecule has 1 amide bonds. The molecule has 5 atom stereocenters. The van der Waals surface area contributed by atoms with E-state index in [1.807, 2.05) is 12.4 Å². The maximum atomic E-state index is 12.8. The Hall–Kier alpha value is -1.64. The number of pyridine rings is 1. The van der Waals surface area contributed by atoms with E-state index < -0.39 is 0 Å². The van der Waals surface area contributed by atoms with Crippen molar-refractivity contribution in [2.24, 2.45) is 23.2 Å². The number of hydrogen-bond donors (Lipinski definition) is 0. The molecule has 1 unspecified atom stereocenters. The van der Waals surface area contributed by atoms with Crippen LogP contribution in [0.5, 0.6) is 0 Å². The Morgan fingerprint density at radius 1 is 1.19 bits per heavy atom. The molecule has 138 valence electrons. The maximum absolute atomic E-state index is 12.8. The van der Waals surface area contributed by atoms with E-state index in [2.05, 4.69) is 41.9 Å². The molecule has 2 saturated heterocycles. The lowest BCUT2D eigenvalue weighted by Crippen LogP contribution is -2.53. The van der Waals surface area contributed by atoms with Crippen LogP contribution in [0.25, 0.3) is 5.57 Å². The molecule has 0 radical (unpaired) electrons. The van der Waals surface area contributed by atoms with E-state index in [0.29, 0.717) is 23.7 Å². The summed E-state index contributed by atoms with van der Waals surface area (Å²) in [5, 5.41) is 0. The normalized spacial score (nSPS) is 41.9. The molecule has 3 heterocycles. The minimum Gasteiger partial charge on any atom is -0.337 e. The zero-order valence-electron chi connectivity index (χ0n) is 16.1. The van der Waals surface area contributed by atoms with Gasteiger partial charge >= 0.3 is 0 Å². The topological polar surface area (TPSA) is 33.2 Å². The van der Waals surface area contributed by atoms with Gasteiger partial charge in [-0.15, -0.1) is 0 Å². The van der Waals surface area contributed by atoms with Gasteiger partial charge in [-0.3, -0.25) is 9.78 Å². The number of nitrogens with zero attached hydrogens (tertiary/aromatic N) is 2. The SMILES string of the molecule is C[C@]12CCC3[C@@H](CCC(=O)N4CCC[C@]34C)[C@@H]1CC=C2c1cccnc1. The van der Waals surface area contributed by atoms with Crippen LogP contribution >= 0.6 is 0 Å². The van der Waals surface area contributed by atoms with Crippen LogP contribution in [0.15, 0.2) is 30.6 Å². The summed E-state index contributed by atoms with van der Waals surface area (Å²) in [6.07, 6.45) is 14.3. The lowest BCUT2D eigenvalue weighted by Gasteiger charge is -2.53. The Morgan fingerprint density at radius 3 is 2.88 bits per heavy atom. The lowest BCUT2D eigenvalue weighted by molar-refractivity contribution is -0.135. The number of aromatic nitrogens is 1. The van der Waals surface area contributed by atoms with Crippen molar-refractivity contribution < 1.29 is 4.79 Å². The van der Waals surface area contributed by atoms with Crippen molar-refractivity contribution in [3.8, 4) is 0 Å². The largest absolute Gasteiger partial charge is 0.337 e. The molecule has 1 aromatic rings. The van der Waals surface area contributed by atoms with E-state index in [9.17, 15) is 4.79 Å². The Labute approximate surface area is 156 Å². The zero-order valence-corrected chi connectivity index (χ0v) is 16.1. The van der Waals surface area contributed by atoms with E-state index in [1.54, 1.807) is 0 Å². The van der Waals surface area contributed by atoms with E-state index in [-0.39, 0.29) is 11.0 Å². The number of amides is 1. The van der Waals surface area contributed by atoms with Gasteiger partial charge in [-0.25, -0.2) is 0 Å². The summed E-state index contributed by atoms with van der Waals surface area (Å²) in [6.45, 7) is 5.87. The molecule has 4 aliphatic rings. The Bertz CT molecular complexity index is 757. The van der Waals surface area contributed by atoms with E-state index in [4.69, 9.17) is 0 Å². The van der Waals surface area contributed by atoms with Gasteiger partial charge in [0.2, 0.25) is 5.91 Å². The van der Waals surface area contributed by atoms with Gasteiger partial charge in [-0.1, -0.05) is 19.1 Å². The molecular weight excluding hydrogens is 320 g/mol. The standard InChI is InChI=1S/C23H30N2O/c1-22-12-10-20-17(6-9-21(26)25-14-4-11-23(20,25)2)19(22)8-7-18(22)16-5-3-13-24-15-16/h3,5,7,13,15,17,19-20H,4,6,8-12,14H2,1-2H3/t17-,19-,20?,22+,23+/m0/s1. The summed E-state index contributed by atoms with van der Waals surface area (Å²) < 4.78 is 0. The average Bonchev–Trinajstić information content (AvgIpc) is 3.18. The van der Waals surface area contributed by atoms with Crippen LogP contribution in [0, 0.1) is 23.2 Å². The van der Waals surface area contributed by atoms with Crippen LogP contribution in [-0.4, -0.2) is 27.9 Å². The highest BCUT2D eigenvalue weighted by atomic mass is 16.2. The van der Waals surface area contributed by atoms with Gasteiger partial charge in [0.25, 0.3) is 0 Å². The minimum absolute atomic E-state index is 0.108. The summed E-state index contributed by atoms with van der Waals surface area (Å²) in [6, 6.07) is 4.27. The number of fused-ring (bicyclic) bond motifs is 5. The van der Waals surface area contributed by atoms with Gasteiger partial charge in [0, 0.05) is 30.9 Å². The average molecular weight is 351 g/mol. The first-order valence-corrected chi connectivity index (χ1v) is 10.5. The Morgan fingerprint density at radius 2 is 2.08 bits per heavy atom. The highest BCUT2D eigenvalue weighted by Crippen LogP contribution is 2.63. The minimum atomic E-state index is 0.108. The third-order valence-electron chi connectivity index (χ3n) is 8.46. The molecule has 2 aliphatic heterocycles. The molecule has 0 bridgehead atoms. The van der Waals surface area contributed by atoms with Gasteiger partial charge < -0.3 is 4.90 Å². The van der Waals surface area contributed by atoms with Crippen LogP contribution in [0.3, 0.4) is 0 Å². The number of rotatable bonds is 1. The summed E-state index contributed by atoms with van der Waals surface area (Å²) in [5.41, 5.74) is 3.17. The summed E-state index contributed by atoms with van der Waals surface area (Å²) in [4.78, 5) is 19.4. The second kappa shape index (κ2) is 5.68. The van der Waals surface area contributed by atoms with Crippen molar-refractivity contribution in [2.75, 3.05) is 6.54 Å². The van der Waals surface area contributed by atoms with Gasteiger partial charge in [0.1, 0.15) is 0 Å². The van der Waals surface area contributed by atoms with Gasteiger partial charge in [0.15, 0.2) is 0 Å². The molecule has 1 aromatic heterocycles. The van der Waals surface area contributed by atoms with Gasteiger partial charge in [0.05, 0.1) is 0 Å². The maximum Gasteiger partial charge on any atom is 0.223 e. The number of carbonyl (C=O) groups is 1. The van der Waals surface area contributed by atoms with Crippen molar-refractivity contribution in [3.05, 3.63) is 36.2 Å². The molecule has 1 saturated carbocycles. The summed E-state index contributed by atoms with van der Waals surface area (Å²) >= 11 is 0. The van der Waals surface area contributed by atoms with Crippen molar-refractivity contribution in [3.63, 3.8) is 0 Å². The molecule has 2 aliphatic carbocycles. The van der Waals surface area contributed by atoms with Crippen LogP contribution in [0.2, 0.25) is 0 Å². The second-order valence-corrected chi connectivity index (χ2v) is 9.47. The molecular formula is C23H30N2O. The second-order valence-electron chi connectivity index (χ2n) is 9.47. The third kappa shape index (κ3) is 2.12. The van der Waals surface area contributed by atoms with Crippen molar-refractivity contribution >= 4 is 11.5 Å². The molecule has 0 N–H and O–H groups in total. The number of carbonyl (C=O) groups excluding carboxylic acids is 1. The van der Waals surface area contributed by atoms with E-state index in [0.717, 1.165) is 19.4 Å². The monoisotopic (exact) mass is 350 g/mol. The summed E-state index contributed by atoms with van der Waals surface area (Å²) in [7, 11) is 0. The summed E-state index contributed by atoms with van der Waals surface area (Å²) in [5.74, 6) is 2.45. The molecule has 0 aromatic carbocycles. The predicted octanol–water partition coefficient (Wildman–Crippen LogP) is 4.69. The molecule has 5 rings (SSSR count). The van der Waals surface area contributed by atoms with Crippen LogP contribution < -0.4 is 0 Å². The van der Waals surface area contributed by atoms with Crippen LogP contribution in [-0.2, 0) is 4.79 Å². The molecule has 26 heavy (non-hydrogen) atoms. The van der Waals surface area contributed by atoms with E-state index in [1.165, 1.54) is 43.2 Å².